The van der Waals surface area contributed by atoms with E-state index in [1.165, 1.54) is 18.3 Å². The predicted octanol–water partition coefficient (Wildman–Crippen LogP) is 4.54. The van der Waals surface area contributed by atoms with Crippen molar-refractivity contribution < 1.29 is 14.0 Å². The van der Waals surface area contributed by atoms with Crippen molar-refractivity contribution >= 4 is 17.5 Å². The minimum Gasteiger partial charge on any atom is -0.339 e. The summed E-state index contributed by atoms with van der Waals surface area (Å²) in [5, 5.41) is 7.24. The first-order valence-corrected chi connectivity index (χ1v) is 10.7. The van der Waals surface area contributed by atoms with Gasteiger partial charge in [-0.3, -0.25) is 9.59 Å². The van der Waals surface area contributed by atoms with Crippen molar-refractivity contribution in [1.82, 2.24) is 19.2 Å². The SMILES string of the molecule is CCN(CC)C(=O)c1ccc(NC(=O)c2cnn(-c3ccc(F)cc3)c2-n2cccc2)cc1. The summed E-state index contributed by atoms with van der Waals surface area (Å²) in [4.78, 5) is 27.4. The topological polar surface area (TPSA) is 72.2 Å². The minimum atomic E-state index is -0.352. The summed E-state index contributed by atoms with van der Waals surface area (Å²) < 4.78 is 16.8. The highest BCUT2D eigenvalue weighted by Gasteiger charge is 2.20. The molecule has 8 heteroatoms. The molecule has 0 fully saturated rings. The molecule has 7 nitrogen and oxygen atoms in total. The van der Waals surface area contributed by atoms with E-state index in [0.29, 0.717) is 41.4 Å². The number of hydrogen-bond acceptors (Lipinski definition) is 3. The molecular weight excluding hydrogens is 421 g/mol. The van der Waals surface area contributed by atoms with Gasteiger partial charge in [0.05, 0.1) is 11.9 Å². The first-order chi connectivity index (χ1) is 16.0. The van der Waals surface area contributed by atoms with E-state index >= 15 is 0 Å². The zero-order valence-corrected chi connectivity index (χ0v) is 18.4. The molecule has 2 aromatic carbocycles. The maximum atomic E-state index is 13.4. The summed E-state index contributed by atoms with van der Waals surface area (Å²) in [7, 11) is 0. The standard InChI is InChI=1S/C25H24FN5O2/c1-3-29(4-2)25(33)18-7-11-20(12-8-18)28-23(32)22-17-27-31(21-13-9-19(26)10-14-21)24(22)30-15-5-6-16-30/h5-17H,3-4H2,1-2H3,(H,28,32). The Kier molecular flexibility index (Phi) is 6.35. The molecule has 168 valence electrons. The number of benzene rings is 2. The van der Waals surface area contributed by atoms with Crippen molar-refractivity contribution in [1.29, 1.82) is 0 Å². The third-order valence-electron chi connectivity index (χ3n) is 5.35. The normalized spacial score (nSPS) is 10.8. The van der Waals surface area contributed by atoms with E-state index in [1.807, 2.05) is 26.0 Å². The van der Waals surface area contributed by atoms with E-state index in [2.05, 4.69) is 10.4 Å². The van der Waals surface area contributed by atoms with E-state index in [9.17, 15) is 14.0 Å². The second kappa shape index (κ2) is 9.52. The molecule has 33 heavy (non-hydrogen) atoms. The second-order valence-electron chi connectivity index (χ2n) is 7.37. The molecule has 0 aliphatic carbocycles. The van der Waals surface area contributed by atoms with Gasteiger partial charge in [0, 0.05) is 36.7 Å². The van der Waals surface area contributed by atoms with E-state index < -0.39 is 0 Å². The molecule has 0 bridgehead atoms. The Labute approximate surface area is 191 Å². The zero-order chi connectivity index (χ0) is 23.4. The third kappa shape index (κ3) is 4.55. The van der Waals surface area contributed by atoms with Gasteiger partial charge in [0.25, 0.3) is 11.8 Å². The molecular formula is C25H24FN5O2. The van der Waals surface area contributed by atoms with Crippen molar-refractivity contribution in [3.8, 4) is 11.5 Å². The van der Waals surface area contributed by atoms with Crippen molar-refractivity contribution in [2.45, 2.75) is 13.8 Å². The number of carbonyl (C=O) groups is 2. The largest absolute Gasteiger partial charge is 0.339 e. The van der Waals surface area contributed by atoms with E-state index in [4.69, 9.17) is 0 Å². The Morgan fingerprint density at radius 1 is 0.970 bits per heavy atom. The molecule has 1 N–H and O–H groups in total. The Balaban J connectivity index is 1.61. The Bertz CT molecular complexity index is 1240. The average molecular weight is 445 g/mol. The van der Waals surface area contributed by atoms with Crippen LogP contribution < -0.4 is 5.32 Å². The van der Waals surface area contributed by atoms with Gasteiger partial charge in [-0.25, -0.2) is 9.07 Å². The van der Waals surface area contributed by atoms with Crippen LogP contribution >= 0.6 is 0 Å². The van der Waals surface area contributed by atoms with Crippen molar-refractivity contribution in [2.24, 2.45) is 0 Å². The molecule has 0 saturated carbocycles. The van der Waals surface area contributed by atoms with Gasteiger partial charge in [0.1, 0.15) is 11.4 Å². The summed E-state index contributed by atoms with van der Waals surface area (Å²) in [6.45, 7) is 5.14. The van der Waals surface area contributed by atoms with Gasteiger partial charge in [0.15, 0.2) is 5.82 Å². The van der Waals surface area contributed by atoms with Gasteiger partial charge in [-0.05, 0) is 74.5 Å². The molecule has 0 unspecified atom stereocenters. The number of nitrogens with one attached hydrogen (secondary N) is 1. The number of anilines is 1. The summed E-state index contributed by atoms with van der Waals surface area (Å²) in [5.74, 6) is -0.227. The van der Waals surface area contributed by atoms with Crippen LogP contribution in [0.2, 0.25) is 0 Å². The lowest BCUT2D eigenvalue weighted by atomic mass is 10.1. The highest BCUT2D eigenvalue weighted by atomic mass is 19.1. The predicted molar refractivity (Wildman–Crippen MR) is 124 cm³/mol. The quantitative estimate of drug-likeness (QED) is 0.454. The number of halogens is 1. The number of nitrogens with zero attached hydrogens (tertiary/aromatic N) is 4. The Hall–Kier alpha value is -4.20. The molecule has 0 aliphatic heterocycles. The highest BCUT2D eigenvalue weighted by Crippen LogP contribution is 2.22. The fourth-order valence-electron chi connectivity index (χ4n) is 3.59. The number of hydrogen-bond donors (Lipinski definition) is 1. The van der Waals surface area contributed by atoms with Gasteiger partial charge in [-0.15, -0.1) is 0 Å². The first kappa shape index (κ1) is 22.0. The second-order valence-corrected chi connectivity index (χ2v) is 7.37. The summed E-state index contributed by atoms with van der Waals surface area (Å²) in [6.07, 6.45) is 5.09. The molecule has 0 saturated heterocycles. The van der Waals surface area contributed by atoms with E-state index in [1.54, 1.807) is 62.9 Å². The summed E-state index contributed by atoms with van der Waals surface area (Å²) in [5.41, 5.74) is 2.09. The maximum absolute atomic E-state index is 13.4. The van der Waals surface area contributed by atoms with Gasteiger partial charge in [-0.2, -0.15) is 5.10 Å². The molecule has 4 aromatic rings. The lowest BCUT2D eigenvalue weighted by molar-refractivity contribution is 0.0773. The molecule has 0 radical (unpaired) electrons. The fraction of sp³-hybridized carbons (Fsp3) is 0.160. The van der Waals surface area contributed by atoms with Crippen LogP contribution in [0.1, 0.15) is 34.6 Å². The van der Waals surface area contributed by atoms with Crippen molar-refractivity contribution in [3.63, 3.8) is 0 Å². The summed E-state index contributed by atoms with van der Waals surface area (Å²) in [6, 6.07) is 16.4. The van der Waals surface area contributed by atoms with Gasteiger partial charge < -0.3 is 14.8 Å². The Morgan fingerprint density at radius 3 is 2.21 bits per heavy atom. The number of amides is 2. The highest BCUT2D eigenvalue weighted by molar-refractivity contribution is 6.06. The average Bonchev–Trinajstić information content (AvgIpc) is 3.51. The molecule has 2 aromatic heterocycles. The molecule has 2 heterocycles. The van der Waals surface area contributed by atoms with Crippen LogP contribution in [0.3, 0.4) is 0 Å². The van der Waals surface area contributed by atoms with Crippen LogP contribution in [0.25, 0.3) is 11.5 Å². The molecule has 2 amide bonds. The lowest BCUT2D eigenvalue weighted by Gasteiger charge is -2.18. The van der Waals surface area contributed by atoms with Crippen molar-refractivity contribution in [3.05, 3.63) is 96.2 Å². The van der Waals surface area contributed by atoms with Gasteiger partial charge >= 0.3 is 0 Å². The summed E-state index contributed by atoms with van der Waals surface area (Å²) >= 11 is 0. The Morgan fingerprint density at radius 2 is 1.61 bits per heavy atom. The molecule has 0 aliphatic rings. The molecule has 4 rings (SSSR count). The van der Waals surface area contributed by atoms with E-state index in [-0.39, 0.29) is 17.6 Å². The van der Waals surface area contributed by atoms with Crippen LogP contribution in [0.15, 0.2) is 79.3 Å². The maximum Gasteiger partial charge on any atom is 0.261 e. The third-order valence-corrected chi connectivity index (χ3v) is 5.35. The first-order valence-electron chi connectivity index (χ1n) is 10.7. The fourth-order valence-corrected chi connectivity index (χ4v) is 3.59. The van der Waals surface area contributed by atoms with E-state index in [0.717, 1.165) is 0 Å². The van der Waals surface area contributed by atoms with Crippen LogP contribution in [0, 0.1) is 5.82 Å². The van der Waals surface area contributed by atoms with Crippen LogP contribution in [-0.2, 0) is 0 Å². The van der Waals surface area contributed by atoms with Gasteiger partial charge in [-0.1, -0.05) is 0 Å². The number of rotatable bonds is 7. The monoisotopic (exact) mass is 445 g/mol. The number of carbonyl (C=O) groups excluding carboxylic acids is 2. The smallest absolute Gasteiger partial charge is 0.261 e. The molecule has 0 spiro atoms. The molecule has 0 atom stereocenters. The zero-order valence-electron chi connectivity index (χ0n) is 18.4. The van der Waals surface area contributed by atoms with Gasteiger partial charge in [0.2, 0.25) is 0 Å². The number of aromatic nitrogens is 3. The van der Waals surface area contributed by atoms with Crippen LogP contribution in [0.4, 0.5) is 10.1 Å². The lowest BCUT2D eigenvalue weighted by Crippen LogP contribution is -2.30. The van der Waals surface area contributed by atoms with Crippen LogP contribution in [0.5, 0.6) is 0 Å². The minimum absolute atomic E-state index is 0.0478. The van der Waals surface area contributed by atoms with Crippen LogP contribution in [-0.4, -0.2) is 44.2 Å². The van der Waals surface area contributed by atoms with Crippen molar-refractivity contribution in [2.75, 3.05) is 18.4 Å².